The van der Waals surface area contributed by atoms with E-state index in [1.165, 1.54) is 12.7 Å². The van der Waals surface area contributed by atoms with Gasteiger partial charge >= 0.3 is 5.97 Å². The Morgan fingerprint density at radius 3 is 2.80 bits per heavy atom. The van der Waals surface area contributed by atoms with Gasteiger partial charge in [0.15, 0.2) is 0 Å². The summed E-state index contributed by atoms with van der Waals surface area (Å²) < 4.78 is 4.67. The average molecular weight is 227 g/mol. The Kier molecular flexibility index (Phi) is 4.78. The quantitative estimate of drug-likeness (QED) is 0.722. The van der Waals surface area contributed by atoms with E-state index in [-0.39, 0.29) is 5.97 Å². The van der Waals surface area contributed by atoms with E-state index in [4.69, 9.17) is 0 Å². The minimum absolute atomic E-state index is 0.182. The molecule has 4 heteroatoms. The van der Waals surface area contributed by atoms with E-state index in [2.05, 4.69) is 34.9 Å². The van der Waals surface area contributed by atoms with Crippen LogP contribution >= 0.6 is 11.3 Å². The number of hydrogen-bond donors (Lipinski definition) is 0. The lowest BCUT2D eigenvalue weighted by Gasteiger charge is -2.24. The van der Waals surface area contributed by atoms with Crippen molar-refractivity contribution in [1.82, 2.24) is 4.90 Å². The Hall–Kier alpha value is -0.870. The third-order valence-electron chi connectivity index (χ3n) is 2.26. The molecule has 1 heterocycles. The van der Waals surface area contributed by atoms with Crippen molar-refractivity contribution >= 4 is 17.3 Å². The molecule has 0 aliphatic heterocycles. The van der Waals surface area contributed by atoms with E-state index < -0.39 is 0 Å². The van der Waals surface area contributed by atoms with Crippen molar-refractivity contribution < 1.29 is 9.53 Å². The van der Waals surface area contributed by atoms with Crippen LogP contribution in [0.15, 0.2) is 16.8 Å². The number of hydrogen-bond acceptors (Lipinski definition) is 4. The Bertz CT molecular complexity index is 296. The van der Waals surface area contributed by atoms with Gasteiger partial charge in [0.05, 0.1) is 13.7 Å². The lowest BCUT2D eigenvalue weighted by atomic mass is 10.2. The van der Waals surface area contributed by atoms with E-state index >= 15 is 0 Å². The molecule has 0 bridgehead atoms. The summed E-state index contributed by atoms with van der Waals surface area (Å²) in [7, 11) is 1.42. The van der Waals surface area contributed by atoms with Crippen LogP contribution in [0, 0.1) is 0 Å². The number of carbonyl (C=O) groups is 1. The fraction of sp³-hybridized carbons (Fsp3) is 0.545. The van der Waals surface area contributed by atoms with Crippen LogP contribution in [0.1, 0.15) is 19.4 Å². The van der Waals surface area contributed by atoms with E-state index in [1.807, 2.05) is 5.38 Å². The fourth-order valence-corrected chi connectivity index (χ4v) is 1.93. The van der Waals surface area contributed by atoms with Crippen molar-refractivity contribution in [1.29, 1.82) is 0 Å². The molecule has 0 saturated carbocycles. The van der Waals surface area contributed by atoms with Crippen molar-refractivity contribution in [3.8, 4) is 0 Å². The number of ether oxygens (including phenoxy) is 1. The number of rotatable bonds is 5. The van der Waals surface area contributed by atoms with Crippen LogP contribution in [0.4, 0.5) is 0 Å². The molecule has 84 valence electrons. The molecule has 15 heavy (non-hydrogen) atoms. The fourth-order valence-electron chi connectivity index (χ4n) is 1.27. The molecule has 0 aliphatic rings. The van der Waals surface area contributed by atoms with Gasteiger partial charge in [-0.05, 0) is 36.2 Å². The van der Waals surface area contributed by atoms with Crippen LogP contribution in [-0.2, 0) is 16.1 Å². The highest BCUT2D eigenvalue weighted by Crippen LogP contribution is 2.11. The van der Waals surface area contributed by atoms with E-state index in [0.717, 1.165) is 6.54 Å². The van der Waals surface area contributed by atoms with Crippen molar-refractivity contribution in [3.05, 3.63) is 22.4 Å². The van der Waals surface area contributed by atoms with Crippen LogP contribution < -0.4 is 0 Å². The van der Waals surface area contributed by atoms with E-state index in [1.54, 1.807) is 11.3 Å². The average Bonchev–Trinajstić information content (AvgIpc) is 2.69. The normalized spacial score (nSPS) is 11.0. The highest BCUT2D eigenvalue weighted by atomic mass is 32.1. The number of nitrogens with zero attached hydrogens (tertiary/aromatic N) is 1. The lowest BCUT2D eigenvalue weighted by Crippen LogP contribution is -2.35. The molecular formula is C11H17NO2S. The summed E-state index contributed by atoms with van der Waals surface area (Å²) in [4.78, 5) is 13.3. The van der Waals surface area contributed by atoms with Crippen LogP contribution in [0.5, 0.6) is 0 Å². The second kappa shape index (κ2) is 5.88. The third-order valence-corrected chi connectivity index (χ3v) is 2.99. The first-order valence-electron chi connectivity index (χ1n) is 4.95. The molecule has 0 atom stereocenters. The monoisotopic (exact) mass is 227 g/mol. The standard InChI is InChI=1S/C11H17NO2S/c1-9(2)12(7-11(13)14-3)6-10-4-5-15-8-10/h4-5,8-9H,6-7H2,1-3H3. The number of thiophene rings is 1. The summed E-state index contributed by atoms with van der Waals surface area (Å²) in [5, 5.41) is 4.15. The van der Waals surface area contributed by atoms with E-state index in [0.29, 0.717) is 12.6 Å². The Labute approximate surface area is 94.7 Å². The minimum Gasteiger partial charge on any atom is -0.468 e. The Morgan fingerprint density at radius 2 is 2.33 bits per heavy atom. The summed E-state index contributed by atoms with van der Waals surface area (Å²) >= 11 is 1.68. The smallest absolute Gasteiger partial charge is 0.319 e. The molecule has 0 aliphatic carbocycles. The van der Waals surface area contributed by atoms with Crippen molar-refractivity contribution in [2.75, 3.05) is 13.7 Å². The Balaban J connectivity index is 2.55. The van der Waals surface area contributed by atoms with Crippen molar-refractivity contribution in [2.45, 2.75) is 26.4 Å². The summed E-state index contributed by atoms with van der Waals surface area (Å²) in [5.74, 6) is -0.182. The molecule has 0 saturated heterocycles. The molecule has 0 unspecified atom stereocenters. The van der Waals surface area contributed by atoms with Gasteiger partial charge in [-0.15, -0.1) is 0 Å². The largest absolute Gasteiger partial charge is 0.468 e. The number of methoxy groups -OCH3 is 1. The van der Waals surface area contributed by atoms with Crippen LogP contribution in [-0.4, -0.2) is 30.6 Å². The molecule has 0 fully saturated rings. The highest BCUT2D eigenvalue weighted by Gasteiger charge is 2.14. The first-order chi connectivity index (χ1) is 7.13. The van der Waals surface area contributed by atoms with Gasteiger partial charge < -0.3 is 4.74 Å². The molecular weight excluding hydrogens is 210 g/mol. The predicted octanol–water partition coefficient (Wildman–Crippen LogP) is 2.13. The maximum Gasteiger partial charge on any atom is 0.319 e. The van der Waals surface area contributed by atoms with Gasteiger partial charge in [0.1, 0.15) is 0 Å². The van der Waals surface area contributed by atoms with Crippen molar-refractivity contribution in [3.63, 3.8) is 0 Å². The number of esters is 1. The highest BCUT2D eigenvalue weighted by molar-refractivity contribution is 7.07. The second-order valence-corrected chi connectivity index (χ2v) is 4.49. The molecule has 1 aromatic rings. The molecule has 0 radical (unpaired) electrons. The third kappa shape index (κ3) is 4.01. The van der Waals surface area contributed by atoms with Gasteiger partial charge in [-0.1, -0.05) is 0 Å². The van der Waals surface area contributed by atoms with Crippen LogP contribution in [0.3, 0.4) is 0 Å². The maximum atomic E-state index is 11.2. The lowest BCUT2D eigenvalue weighted by molar-refractivity contribution is -0.142. The molecule has 3 nitrogen and oxygen atoms in total. The predicted molar refractivity (Wildman–Crippen MR) is 61.9 cm³/mol. The molecule has 0 amide bonds. The van der Waals surface area contributed by atoms with Crippen molar-refractivity contribution in [2.24, 2.45) is 0 Å². The topological polar surface area (TPSA) is 29.5 Å². The molecule has 0 spiro atoms. The Morgan fingerprint density at radius 1 is 1.60 bits per heavy atom. The molecule has 1 aromatic heterocycles. The maximum absolute atomic E-state index is 11.2. The van der Waals surface area contributed by atoms with Gasteiger partial charge in [-0.25, -0.2) is 0 Å². The SMILES string of the molecule is COC(=O)CN(Cc1ccsc1)C(C)C. The van der Waals surface area contributed by atoms with Gasteiger partial charge in [0.2, 0.25) is 0 Å². The summed E-state index contributed by atoms with van der Waals surface area (Å²) in [6.07, 6.45) is 0. The molecule has 0 aromatic carbocycles. The number of carbonyl (C=O) groups excluding carboxylic acids is 1. The zero-order chi connectivity index (χ0) is 11.3. The van der Waals surface area contributed by atoms with Crippen LogP contribution in [0.25, 0.3) is 0 Å². The van der Waals surface area contributed by atoms with Crippen LogP contribution in [0.2, 0.25) is 0 Å². The minimum atomic E-state index is -0.182. The first kappa shape index (κ1) is 12.2. The second-order valence-electron chi connectivity index (χ2n) is 3.71. The summed E-state index contributed by atoms with van der Waals surface area (Å²) in [6.45, 7) is 5.31. The molecule has 1 rings (SSSR count). The van der Waals surface area contributed by atoms with Gasteiger partial charge in [-0.2, -0.15) is 11.3 Å². The summed E-state index contributed by atoms with van der Waals surface area (Å²) in [6, 6.07) is 2.42. The van der Waals surface area contributed by atoms with Gasteiger partial charge in [0, 0.05) is 12.6 Å². The zero-order valence-electron chi connectivity index (χ0n) is 9.40. The first-order valence-corrected chi connectivity index (χ1v) is 5.89. The van der Waals surface area contributed by atoms with E-state index in [9.17, 15) is 4.79 Å². The van der Waals surface area contributed by atoms with Gasteiger partial charge in [-0.3, -0.25) is 9.69 Å². The zero-order valence-corrected chi connectivity index (χ0v) is 10.2. The molecule has 0 N–H and O–H groups in total. The summed E-state index contributed by atoms with van der Waals surface area (Å²) in [5.41, 5.74) is 1.25. The van der Waals surface area contributed by atoms with Gasteiger partial charge in [0.25, 0.3) is 0 Å².